The molecule has 1 aliphatic rings. The summed E-state index contributed by atoms with van der Waals surface area (Å²) >= 11 is 1.90. The fraction of sp³-hybridized carbons (Fsp3) is 0.583. The van der Waals surface area contributed by atoms with Gasteiger partial charge in [0.05, 0.1) is 24.1 Å². The molecule has 0 aromatic carbocycles. The highest BCUT2D eigenvalue weighted by molar-refractivity contribution is 7.99. The quantitative estimate of drug-likeness (QED) is 0.830. The molecule has 0 radical (unpaired) electrons. The number of thioether (sulfide) groups is 1. The van der Waals surface area contributed by atoms with Gasteiger partial charge in [-0.15, -0.1) is 0 Å². The fourth-order valence-electron chi connectivity index (χ4n) is 1.75. The topological polar surface area (TPSA) is 66.9 Å². The summed E-state index contributed by atoms with van der Waals surface area (Å²) in [6.45, 7) is 3.33. The van der Waals surface area contributed by atoms with Crippen molar-refractivity contribution in [2.24, 2.45) is 0 Å². The normalized spacial score (nSPS) is 19.5. The van der Waals surface area contributed by atoms with E-state index in [4.69, 9.17) is 0 Å². The minimum atomic E-state index is 0.0670. The molecule has 1 aromatic heterocycles. The van der Waals surface area contributed by atoms with Crippen molar-refractivity contribution in [1.82, 2.24) is 20.6 Å². The number of hydrogen-bond acceptors (Lipinski definition) is 5. The molecule has 1 amide bonds. The lowest BCUT2D eigenvalue weighted by Crippen LogP contribution is -2.41. The summed E-state index contributed by atoms with van der Waals surface area (Å²) < 4.78 is 0. The molecule has 2 rings (SSSR count). The highest BCUT2D eigenvalue weighted by Crippen LogP contribution is 2.09. The van der Waals surface area contributed by atoms with Gasteiger partial charge >= 0.3 is 0 Å². The van der Waals surface area contributed by atoms with Gasteiger partial charge in [0.25, 0.3) is 0 Å². The van der Waals surface area contributed by atoms with E-state index in [1.807, 2.05) is 18.7 Å². The molecule has 5 nitrogen and oxygen atoms in total. The second-order valence-electron chi connectivity index (χ2n) is 4.36. The van der Waals surface area contributed by atoms with Crippen LogP contribution in [0, 0.1) is 6.92 Å². The number of nitrogens with one attached hydrogen (secondary N) is 2. The van der Waals surface area contributed by atoms with Gasteiger partial charge in [-0.3, -0.25) is 14.8 Å². The van der Waals surface area contributed by atoms with Gasteiger partial charge < -0.3 is 10.6 Å². The lowest BCUT2D eigenvalue weighted by molar-refractivity contribution is -0.121. The molecule has 1 aliphatic heterocycles. The minimum Gasteiger partial charge on any atom is -0.350 e. The van der Waals surface area contributed by atoms with E-state index in [9.17, 15) is 4.79 Å². The third kappa shape index (κ3) is 4.27. The fourth-order valence-corrected chi connectivity index (χ4v) is 2.70. The number of amides is 1. The Morgan fingerprint density at radius 2 is 2.44 bits per heavy atom. The SMILES string of the molecule is Cc1cnc(CNC(=O)CC2CSCCN2)cn1. The Morgan fingerprint density at radius 3 is 3.11 bits per heavy atom. The molecule has 0 aliphatic carbocycles. The van der Waals surface area contributed by atoms with Crippen LogP contribution in [0.1, 0.15) is 17.8 Å². The lowest BCUT2D eigenvalue weighted by Gasteiger charge is -2.22. The Morgan fingerprint density at radius 1 is 1.56 bits per heavy atom. The zero-order valence-electron chi connectivity index (χ0n) is 10.5. The number of aryl methyl sites for hydroxylation is 1. The first-order valence-corrected chi connectivity index (χ1v) is 7.25. The van der Waals surface area contributed by atoms with Crippen LogP contribution in [0.2, 0.25) is 0 Å². The lowest BCUT2D eigenvalue weighted by atomic mass is 10.2. The maximum absolute atomic E-state index is 11.7. The van der Waals surface area contributed by atoms with Crippen LogP contribution in [-0.2, 0) is 11.3 Å². The molecule has 2 heterocycles. The van der Waals surface area contributed by atoms with Crippen LogP contribution >= 0.6 is 11.8 Å². The summed E-state index contributed by atoms with van der Waals surface area (Å²) in [7, 11) is 0. The van der Waals surface area contributed by atoms with Crippen molar-refractivity contribution in [2.75, 3.05) is 18.1 Å². The first kappa shape index (κ1) is 13.3. The van der Waals surface area contributed by atoms with Gasteiger partial charge in [-0.2, -0.15) is 11.8 Å². The van der Waals surface area contributed by atoms with Gasteiger partial charge in [-0.05, 0) is 6.92 Å². The van der Waals surface area contributed by atoms with E-state index in [0.29, 0.717) is 19.0 Å². The molecule has 1 unspecified atom stereocenters. The first-order valence-electron chi connectivity index (χ1n) is 6.09. The van der Waals surface area contributed by atoms with Gasteiger partial charge in [0, 0.05) is 36.7 Å². The molecular weight excluding hydrogens is 248 g/mol. The summed E-state index contributed by atoms with van der Waals surface area (Å²) in [6, 6.07) is 0.299. The van der Waals surface area contributed by atoms with E-state index in [1.54, 1.807) is 12.4 Å². The van der Waals surface area contributed by atoms with Crippen molar-refractivity contribution in [2.45, 2.75) is 25.9 Å². The van der Waals surface area contributed by atoms with Crippen molar-refractivity contribution >= 4 is 17.7 Å². The van der Waals surface area contributed by atoms with Crippen LogP contribution in [0.4, 0.5) is 0 Å². The van der Waals surface area contributed by atoms with E-state index < -0.39 is 0 Å². The van der Waals surface area contributed by atoms with E-state index in [2.05, 4.69) is 20.6 Å². The predicted octanol–water partition coefficient (Wildman–Crippen LogP) is 0.496. The molecule has 0 saturated carbocycles. The van der Waals surface area contributed by atoms with Gasteiger partial charge in [0.1, 0.15) is 0 Å². The standard InChI is InChI=1S/C12H18N4OS/c1-9-5-15-11(6-14-9)7-16-12(17)4-10-8-18-3-2-13-10/h5-6,10,13H,2-4,7-8H2,1H3,(H,16,17). The van der Waals surface area contributed by atoms with Crippen LogP contribution < -0.4 is 10.6 Å². The van der Waals surface area contributed by atoms with E-state index >= 15 is 0 Å². The highest BCUT2D eigenvalue weighted by atomic mass is 32.2. The second kappa shape index (κ2) is 6.70. The van der Waals surface area contributed by atoms with E-state index in [0.717, 1.165) is 29.4 Å². The highest BCUT2D eigenvalue weighted by Gasteiger charge is 2.16. The minimum absolute atomic E-state index is 0.0670. The van der Waals surface area contributed by atoms with Crippen LogP contribution in [0.5, 0.6) is 0 Å². The Bertz CT molecular complexity index is 390. The van der Waals surface area contributed by atoms with Crippen LogP contribution in [0.3, 0.4) is 0 Å². The molecule has 1 saturated heterocycles. The molecular formula is C12H18N4OS. The summed E-state index contributed by atoms with van der Waals surface area (Å²) in [5, 5.41) is 6.22. The summed E-state index contributed by atoms with van der Waals surface area (Å²) in [5.74, 6) is 2.21. The Labute approximate surface area is 111 Å². The van der Waals surface area contributed by atoms with Crippen LogP contribution in [-0.4, -0.2) is 40.0 Å². The zero-order chi connectivity index (χ0) is 12.8. The van der Waals surface area contributed by atoms with Crippen molar-refractivity contribution in [3.05, 3.63) is 23.8 Å². The maximum atomic E-state index is 11.7. The number of nitrogens with zero attached hydrogens (tertiary/aromatic N) is 2. The van der Waals surface area contributed by atoms with Crippen molar-refractivity contribution in [1.29, 1.82) is 0 Å². The number of hydrogen-bond donors (Lipinski definition) is 2. The van der Waals surface area contributed by atoms with Gasteiger partial charge in [-0.1, -0.05) is 0 Å². The number of aromatic nitrogens is 2. The second-order valence-corrected chi connectivity index (χ2v) is 5.51. The first-order chi connectivity index (χ1) is 8.74. The molecule has 6 heteroatoms. The monoisotopic (exact) mass is 266 g/mol. The van der Waals surface area contributed by atoms with E-state index in [1.165, 1.54) is 0 Å². The van der Waals surface area contributed by atoms with Gasteiger partial charge in [-0.25, -0.2) is 0 Å². The Balaban J connectivity index is 1.72. The molecule has 0 bridgehead atoms. The zero-order valence-corrected chi connectivity index (χ0v) is 11.3. The summed E-state index contributed by atoms with van der Waals surface area (Å²) in [5.41, 5.74) is 1.67. The molecule has 1 aromatic rings. The number of carbonyl (C=O) groups is 1. The third-order valence-corrected chi connectivity index (χ3v) is 3.86. The third-order valence-electron chi connectivity index (χ3n) is 2.73. The molecule has 98 valence electrons. The Kier molecular flexibility index (Phi) is 4.95. The largest absolute Gasteiger partial charge is 0.350 e. The molecule has 18 heavy (non-hydrogen) atoms. The predicted molar refractivity (Wildman–Crippen MR) is 72.3 cm³/mol. The molecule has 0 spiro atoms. The summed E-state index contributed by atoms with van der Waals surface area (Å²) in [4.78, 5) is 20.1. The average Bonchev–Trinajstić information content (AvgIpc) is 2.39. The molecule has 1 atom stereocenters. The van der Waals surface area contributed by atoms with Crippen LogP contribution in [0.25, 0.3) is 0 Å². The van der Waals surface area contributed by atoms with E-state index in [-0.39, 0.29) is 5.91 Å². The van der Waals surface area contributed by atoms with Crippen molar-refractivity contribution < 1.29 is 4.79 Å². The molecule has 2 N–H and O–H groups in total. The van der Waals surface area contributed by atoms with Gasteiger partial charge in [0.15, 0.2) is 0 Å². The van der Waals surface area contributed by atoms with Crippen molar-refractivity contribution in [3.8, 4) is 0 Å². The smallest absolute Gasteiger partial charge is 0.221 e. The Hall–Kier alpha value is -1.14. The van der Waals surface area contributed by atoms with Crippen LogP contribution in [0.15, 0.2) is 12.4 Å². The summed E-state index contributed by atoms with van der Waals surface area (Å²) in [6.07, 6.45) is 3.94. The maximum Gasteiger partial charge on any atom is 0.221 e. The number of rotatable bonds is 4. The van der Waals surface area contributed by atoms with Gasteiger partial charge in [0.2, 0.25) is 5.91 Å². The average molecular weight is 266 g/mol. The molecule has 1 fully saturated rings. The van der Waals surface area contributed by atoms with Crippen molar-refractivity contribution in [3.63, 3.8) is 0 Å². The number of carbonyl (C=O) groups excluding carboxylic acids is 1.